The van der Waals surface area contributed by atoms with E-state index in [0.717, 1.165) is 18.4 Å². The second-order valence-electron chi connectivity index (χ2n) is 4.24. The van der Waals surface area contributed by atoms with E-state index in [1.165, 1.54) is 18.9 Å². The van der Waals surface area contributed by atoms with Gasteiger partial charge in [0.1, 0.15) is 5.82 Å². The summed E-state index contributed by atoms with van der Waals surface area (Å²) in [4.78, 5) is 0. The third kappa shape index (κ3) is 2.88. The van der Waals surface area contributed by atoms with Crippen molar-refractivity contribution in [3.63, 3.8) is 0 Å². The van der Waals surface area contributed by atoms with Gasteiger partial charge in [0.15, 0.2) is 0 Å². The maximum atomic E-state index is 13.2. The van der Waals surface area contributed by atoms with E-state index in [2.05, 4.69) is 0 Å². The highest BCUT2D eigenvalue weighted by atomic mass is 35.5. The molecule has 0 bridgehead atoms. The molecular formula is C12H16Cl2FN. The van der Waals surface area contributed by atoms with Gasteiger partial charge in [0, 0.05) is 6.04 Å². The SMILES string of the molecule is Cl.N[C@H](c1ccc(Cl)c(F)c1)C1CCCC1. The maximum Gasteiger partial charge on any atom is 0.142 e. The molecule has 1 aromatic rings. The van der Waals surface area contributed by atoms with Crippen LogP contribution >= 0.6 is 24.0 Å². The molecule has 2 rings (SSSR count). The first kappa shape index (κ1) is 13.8. The molecule has 1 saturated carbocycles. The van der Waals surface area contributed by atoms with Crippen LogP contribution in [0.2, 0.25) is 5.02 Å². The highest BCUT2D eigenvalue weighted by molar-refractivity contribution is 6.30. The zero-order chi connectivity index (χ0) is 10.8. The molecule has 1 fully saturated rings. The van der Waals surface area contributed by atoms with E-state index in [9.17, 15) is 4.39 Å². The van der Waals surface area contributed by atoms with E-state index in [1.54, 1.807) is 6.07 Å². The summed E-state index contributed by atoms with van der Waals surface area (Å²) < 4.78 is 13.2. The van der Waals surface area contributed by atoms with Crippen molar-refractivity contribution in [1.29, 1.82) is 0 Å². The summed E-state index contributed by atoms with van der Waals surface area (Å²) >= 11 is 5.63. The van der Waals surface area contributed by atoms with Crippen LogP contribution in [-0.2, 0) is 0 Å². The molecule has 2 N–H and O–H groups in total. The average molecular weight is 264 g/mol. The molecule has 0 aliphatic heterocycles. The number of hydrogen-bond acceptors (Lipinski definition) is 1. The lowest BCUT2D eigenvalue weighted by molar-refractivity contribution is 0.443. The minimum absolute atomic E-state index is 0. The largest absolute Gasteiger partial charge is 0.324 e. The molecule has 0 saturated heterocycles. The Labute approximate surface area is 107 Å². The van der Waals surface area contributed by atoms with Gasteiger partial charge in [-0.1, -0.05) is 30.5 Å². The van der Waals surface area contributed by atoms with Crippen molar-refractivity contribution in [2.75, 3.05) is 0 Å². The molecule has 4 heteroatoms. The van der Waals surface area contributed by atoms with Gasteiger partial charge in [-0.05, 0) is 36.5 Å². The smallest absolute Gasteiger partial charge is 0.142 e. The summed E-state index contributed by atoms with van der Waals surface area (Å²) in [6.07, 6.45) is 4.81. The van der Waals surface area contributed by atoms with Crippen LogP contribution in [0, 0.1) is 11.7 Å². The predicted molar refractivity (Wildman–Crippen MR) is 67.5 cm³/mol. The van der Waals surface area contributed by atoms with E-state index in [0.29, 0.717) is 5.92 Å². The second kappa shape index (κ2) is 5.85. The molecular weight excluding hydrogens is 248 g/mol. The standard InChI is InChI=1S/C12H15ClFN.ClH/c13-10-6-5-9(7-11(10)14)12(15)8-3-1-2-4-8;/h5-8,12H,1-4,15H2;1H/t12-;/m0./s1. The lowest BCUT2D eigenvalue weighted by Gasteiger charge is -2.19. The van der Waals surface area contributed by atoms with Gasteiger partial charge in [-0.15, -0.1) is 12.4 Å². The van der Waals surface area contributed by atoms with Gasteiger partial charge in [-0.2, -0.15) is 0 Å². The Balaban J connectivity index is 0.00000128. The van der Waals surface area contributed by atoms with E-state index < -0.39 is 0 Å². The first-order valence-electron chi connectivity index (χ1n) is 5.39. The van der Waals surface area contributed by atoms with Crippen LogP contribution < -0.4 is 5.73 Å². The van der Waals surface area contributed by atoms with E-state index in [-0.39, 0.29) is 29.3 Å². The molecule has 0 radical (unpaired) electrons. The molecule has 0 unspecified atom stereocenters. The highest BCUT2D eigenvalue weighted by Gasteiger charge is 2.23. The van der Waals surface area contributed by atoms with Crippen LogP contribution in [0.1, 0.15) is 37.3 Å². The van der Waals surface area contributed by atoms with Crippen LogP contribution in [0.3, 0.4) is 0 Å². The van der Waals surface area contributed by atoms with Gasteiger partial charge >= 0.3 is 0 Å². The normalized spacial score (nSPS) is 18.2. The van der Waals surface area contributed by atoms with Crippen molar-refractivity contribution >= 4 is 24.0 Å². The first-order valence-corrected chi connectivity index (χ1v) is 5.77. The molecule has 0 heterocycles. The lowest BCUT2D eigenvalue weighted by atomic mass is 9.92. The first-order chi connectivity index (χ1) is 7.18. The van der Waals surface area contributed by atoms with Gasteiger partial charge in [-0.3, -0.25) is 0 Å². The van der Waals surface area contributed by atoms with Crippen molar-refractivity contribution in [2.45, 2.75) is 31.7 Å². The number of benzene rings is 1. The summed E-state index contributed by atoms with van der Waals surface area (Å²) in [6.45, 7) is 0. The monoisotopic (exact) mass is 263 g/mol. The van der Waals surface area contributed by atoms with Crippen LogP contribution in [0.5, 0.6) is 0 Å². The minimum atomic E-state index is -0.373. The van der Waals surface area contributed by atoms with E-state index in [1.807, 2.05) is 6.07 Å². The number of hydrogen-bond donors (Lipinski definition) is 1. The second-order valence-corrected chi connectivity index (χ2v) is 4.65. The fourth-order valence-electron chi connectivity index (χ4n) is 2.31. The van der Waals surface area contributed by atoms with Crippen LogP contribution in [-0.4, -0.2) is 0 Å². The zero-order valence-electron chi connectivity index (χ0n) is 8.96. The Hall–Kier alpha value is -0.310. The molecule has 16 heavy (non-hydrogen) atoms. The number of halogens is 3. The Morgan fingerprint density at radius 2 is 1.94 bits per heavy atom. The summed E-state index contributed by atoms with van der Waals surface area (Å²) in [6, 6.07) is 4.83. The van der Waals surface area contributed by atoms with Crippen LogP contribution in [0.25, 0.3) is 0 Å². The molecule has 1 aliphatic rings. The van der Waals surface area contributed by atoms with Crippen molar-refractivity contribution in [3.05, 3.63) is 34.6 Å². The van der Waals surface area contributed by atoms with E-state index in [4.69, 9.17) is 17.3 Å². The molecule has 1 atom stereocenters. The van der Waals surface area contributed by atoms with Crippen molar-refractivity contribution in [3.8, 4) is 0 Å². The van der Waals surface area contributed by atoms with Gasteiger partial charge in [0.25, 0.3) is 0 Å². The number of rotatable bonds is 2. The summed E-state index contributed by atoms with van der Waals surface area (Å²) in [7, 11) is 0. The van der Waals surface area contributed by atoms with Gasteiger partial charge in [0.05, 0.1) is 5.02 Å². The van der Waals surface area contributed by atoms with Gasteiger partial charge in [-0.25, -0.2) is 4.39 Å². The maximum absolute atomic E-state index is 13.2. The van der Waals surface area contributed by atoms with Crippen LogP contribution in [0.4, 0.5) is 4.39 Å². The molecule has 90 valence electrons. The molecule has 0 amide bonds. The Morgan fingerprint density at radius 1 is 1.31 bits per heavy atom. The Morgan fingerprint density at radius 3 is 2.50 bits per heavy atom. The van der Waals surface area contributed by atoms with E-state index >= 15 is 0 Å². The van der Waals surface area contributed by atoms with Gasteiger partial charge in [0.2, 0.25) is 0 Å². The van der Waals surface area contributed by atoms with Crippen molar-refractivity contribution < 1.29 is 4.39 Å². The quantitative estimate of drug-likeness (QED) is 0.855. The topological polar surface area (TPSA) is 26.0 Å². The van der Waals surface area contributed by atoms with Crippen LogP contribution in [0.15, 0.2) is 18.2 Å². The molecule has 1 nitrogen and oxygen atoms in total. The third-order valence-corrected chi connectivity index (χ3v) is 3.54. The molecule has 1 aliphatic carbocycles. The summed E-state index contributed by atoms with van der Waals surface area (Å²) in [5, 5.41) is 0.164. The third-order valence-electron chi connectivity index (χ3n) is 3.24. The lowest BCUT2D eigenvalue weighted by Crippen LogP contribution is -2.19. The Bertz CT molecular complexity index is 351. The van der Waals surface area contributed by atoms with Crippen molar-refractivity contribution in [1.82, 2.24) is 0 Å². The fraction of sp³-hybridized carbons (Fsp3) is 0.500. The molecule has 1 aromatic carbocycles. The highest BCUT2D eigenvalue weighted by Crippen LogP contribution is 2.34. The zero-order valence-corrected chi connectivity index (χ0v) is 10.5. The fourth-order valence-corrected chi connectivity index (χ4v) is 2.43. The average Bonchev–Trinajstić information content (AvgIpc) is 2.74. The Kier molecular flexibility index (Phi) is 5.03. The van der Waals surface area contributed by atoms with Crippen molar-refractivity contribution in [2.24, 2.45) is 11.7 Å². The summed E-state index contributed by atoms with van der Waals surface area (Å²) in [5.41, 5.74) is 6.97. The minimum Gasteiger partial charge on any atom is -0.324 e. The summed E-state index contributed by atoms with van der Waals surface area (Å²) in [5.74, 6) is 0.133. The molecule has 0 spiro atoms. The number of nitrogens with two attached hydrogens (primary N) is 1. The molecule has 0 aromatic heterocycles. The van der Waals surface area contributed by atoms with Gasteiger partial charge < -0.3 is 5.73 Å². The predicted octanol–water partition coefficient (Wildman–Crippen LogP) is 4.09.